The molecule has 1 saturated carbocycles. The van der Waals surface area contributed by atoms with E-state index in [4.69, 9.17) is 0 Å². The number of aromatic nitrogens is 2. The van der Waals surface area contributed by atoms with Crippen molar-refractivity contribution in [1.82, 2.24) is 14.9 Å². The van der Waals surface area contributed by atoms with Crippen molar-refractivity contribution in [1.29, 1.82) is 0 Å². The highest BCUT2D eigenvalue weighted by molar-refractivity contribution is 5.20. The van der Waals surface area contributed by atoms with E-state index < -0.39 is 10.6 Å². The summed E-state index contributed by atoms with van der Waals surface area (Å²) in [7, 11) is 0. The van der Waals surface area contributed by atoms with E-state index in [1.807, 2.05) is 0 Å². The van der Waals surface area contributed by atoms with Crippen LogP contribution in [0.3, 0.4) is 0 Å². The molecule has 0 radical (unpaired) electrons. The third kappa shape index (κ3) is 3.63. The summed E-state index contributed by atoms with van der Waals surface area (Å²) >= 11 is 0. The first-order chi connectivity index (χ1) is 8.66. The molecule has 1 aromatic heterocycles. The predicted molar refractivity (Wildman–Crippen MR) is 65.4 cm³/mol. The second kappa shape index (κ2) is 5.72. The van der Waals surface area contributed by atoms with Crippen LogP contribution in [0, 0.1) is 10.1 Å². The maximum absolute atomic E-state index is 11.4. The summed E-state index contributed by atoms with van der Waals surface area (Å²) in [6.07, 6.45) is 6.52. The first-order valence-electron chi connectivity index (χ1n) is 6.11. The Morgan fingerprint density at radius 1 is 1.50 bits per heavy atom. The maximum atomic E-state index is 11.4. The van der Waals surface area contributed by atoms with Crippen LogP contribution in [0.2, 0.25) is 0 Å². The number of unbranched alkanes of at least 4 members (excludes halogenated alkanes) is 1. The molecule has 1 aliphatic rings. The smallest absolute Gasteiger partial charge is 0.314 e. The normalized spacial score (nSPS) is 14.7. The number of nitro groups is 1. The van der Waals surface area contributed by atoms with Crippen molar-refractivity contribution >= 4 is 5.69 Å². The van der Waals surface area contributed by atoms with Crippen LogP contribution in [0.25, 0.3) is 0 Å². The van der Waals surface area contributed by atoms with E-state index in [2.05, 4.69) is 10.3 Å². The fraction of sp³-hybridized carbons (Fsp3) is 0.636. The molecule has 0 amide bonds. The van der Waals surface area contributed by atoms with Crippen LogP contribution in [-0.4, -0.2) is 27.1 Å². The Hall–Kier alpha value is -1.76. The van der Waals surface area contributed by atoms with E-state index in [-0.39, 0.29) is 5.69 Å². The van der Waals surface area contributed by atoms with Crippen molar-refractivity contribution in [3.63, 3.8) is 0 Å². The number of nitrogens with one attached hydrogen (secondary N) is 1. The van der Waals surface area contributed by atoms with Crippen molar-refractivity contribution in [3.8, 4) is 0 Å². The van der Waals surface area contributed by atoms with Crippen molar-refractivity contribution < 1.29 is 4.92 Å². The van der Waals surface area contributed by atoms with Crippen molar-refractivity contribution in [3.05, 3.63) is 33.0 Å². The minimum absolute atomic E-state index is 0.147. The average molecular weight is 252 g/mol. The lowest BCUT2D eigenvalue weighted by molar-refractivity contribution is -0.385. The van der Waals surface area contributed by atoms with Gasteiger partial charge in [0.1, 0.15) is 6.20 Å². The highest BCUT2D eigenvalue weighted by Crippen LogP contribution is 2.18. The Balaban J connectivity index is 1.81. The molecular formula is C11H16N4O3. The van der Waals surface area contributed by atoms with Gasteiger partial charge in [0.25, 0.3) is 0 Å². The van der Waals surface area contributed by atoms with Crippen LogP contribution in [0.5, 0.6) is 0 Å². The summed E-state index contributed by atoms with van der Waals surface area (Å²) in [4.78, 5) is 24.9. The molecule has 7 nitrogen and oxygen atoms in total. The van der Waals surface area contributed by atoms with Gasteiger partial charge in [0.2, 0.25) is 0 Å². The third-order valence-corrected chi connectivity index (χ3v) is 2.89. The Morgan fingerprint density at radius 3 is 2.94 bits per heavy atom. The molecule has 1 fully saturated rings. The summed E-state index contributed by atoms with van der Waals surface area (Å²) in [5.41, 5.74) is -0.582. The van der Waals surface area contributed by atoms with E-state index in [0.717, 1.165) is 25.6 Å². The van der Waals surface area contributed by atoms with E-state index in [1.165, 1.54) is 23.6 Å². The van der Waals surface area contributed by atoms with E-state index in [9.17, 15) is 14.9 Å². The number of aryl methyl sites for hydroxylation is 1. The van der Waals surface area contributed by atoms with Gasteiger partial charge in [-0.2, -0.15) is 4.98 Å². The SMILES string of the molecule is O=c1ncc([N+](=O)[O-])cn1CCCCNC1CC1. The molecule has 1 aliphatic carbocycles. The molecule has 98 valence electrons. The molecule has 0 spiro atoms. The van der Waals surface area contributed by atoms with Gasteiger partial charge in [-0.25, -0.2) is 4.79 Å². The minimum Gasteiger partial charge on any atom is -0.314 e. The van der Waals surface area contributed by atoms with Gasteiger partial charge >= 0.3 is 11.4 Å². The molecule has 0 aliphatic heterocycles. The molecule has 1 aromatic rings. The standard InChI is InChI=1S/C11H16N4O3/c16-11-13-7-10(15(17)18)8-14(11)6-2-1-5-12-9-3-4-9/h7-9,12H,1-6H2. The summed E-state index contributed by atoms with van der Waals surface area (Å²) in [6, 6.07) is 0.687. The molecule has 2 rings (SSSR count). The second-order valence-electron chi connectivity index (χ2n) is 4.48. The fourth-order valence-electron chi connectivity index (χ4n) is 1.70. The van der Waals surface area contributed by atoms with Crippen LogP contribution in [0.15, 0.2) is 17.2 Å². The van der Waals surface area contributed by atoms with Crippen LogP contribution in [0.1, 0.15) is 25.7 Å². The summed E-state index contributed by atoms with van der Waals surface area (Å²) < 4.78 is 1.30. The molecule has 0 unspecified atom stereocenters. The number of hydrogen-bond donors (Lipinski definition) is 1. The third-order valence-electron chi connectivity index (χ3n) is 2.89. The molecule has 0 atom stereocenters. The first kappa shape index (κ1) is 12.7. The van der Waals surface area contributed by atoms with Gasteiger partial charge in [-0.3, -0.25) is 14.7 Å². The second-order valence-corrected chi connectivity index (χ2v) is 4.48. The van der Waals surface area contributed by atoms with Crippen molar-refractivity contribution in [2.24, 2.45) is 0 Å². The van der Waals surface area contributed by atoms with E-state index >= 15 is 0 Å². The van der Waals surface area contributed by atoms with Crippen LogP contribution >= 0.6 is 0 Å². The molecule has 0 aromatic carbocycles. The zero-order chi connectivity index (χ0) is 13.0. The summed E-state index contributed by atoms with van der Waals surface area (Å²) in [5, 5.41) is 13.9. The maximum Gasteiger partial charge on any atom is 0.347 e. The monoisotopic (exact) mass is 252 g/mol. The fourth-order valence-corrected chi connectivity index (χ4v) is 1.70. The Morgan fingerprint density at radius 2 is 2.28 bits per heavy atom. The molecule has 1 heterocycles. The molecule has 7 heteroatoms. The lowest BCUT2D eigenvalue weighted by Gasteiger charge is -2.05. The zero-order valence-electron chi connectivity index (χ0n) is 10.0. The average Bonchev–Trinajstić information content (AvgIpc) is 3.14. The Kier molecular flexibility index (Phi) is 4.03. The van der Waals surface area contributed by atoms with Crippen LogP contribution in [0.4, 0.5) is 5.69 Å². The molecule has 1 N–H and O–H groups in total. The topological polar surface area (TPSA) is 90.1 Å². The van der Waals surface area contributed by atoms with Gasteiger partial charge < -0.3 is 5.32 Å². The minimum atomic E-state index is -0.544. The van der Waals surface area contributed by atoms with E-state index in [0.29, 0.717) is 12.6 Å². The van der Waals surface area contributed by atoms with Crippen LogP contribution < -0.4 is 11.0 Å². The van der Waals surface area contributed by atoms with Gasteiger partial charge in [-0.1, -0.05) is 0 Å². The van der Waals surface area contributed by atoms with Crippen molar-refractivity contribution in [2.75, 3.05) is 6.54 Å². The van der Waals surface area contributed by atoms with Gasteiger partial charge in [0, 0.05) is 12.6 Å². The quantitative estimate of drug-likeness (QED) is 0.438. The number of nitrogens with zero attached hydrogens (tertiary/aromatic N) is 3. The lowest BCUT2D eigenvalue weighted by atomic mass is 10.3. The van der Waals surface area contributed by atoms with Gasteiger partial charge in [0.15, 0.2) is 0 Å². The Labute approximate surface area is 104 Å². The van der Waals surface area contributed by atoms with Gasteiger partial charge in [0.05, 0.1) is 11.1 Å². The molecule has 0 saturated heterocycles. The number of rotatable bonds is 7. The molecule has 0 bridgehead atoms. The number of hydrogen-bond acceptors (Lipinski definition) is 5. The van der Waals surface area contributed by atoms with Gasteiger partial charge in [-0.05, 0) is 32.2 Å². The van der Waals surface area contributed by atoms with Gasteiger partial charge in [-0.15, -0.1) is 0 Å². The predicted octanol–water partition coefficient (Wildman–Crippen LogP) is 0.684. The Bertz CT molecular complexity index is 481. The summed E-state index contributed by atoms with van der Waals surface area (Å²) in [6.45, 7) is 1.40. The largest absolute Gasteiger partial charge is 0.347 e. The van der Waals surface area contributed by atoms with Crippen molar-refractivity contribution in [2.45, 2.75) is 38.3 Å². The first-order valence-corrected chi connectivity index (χ1v) is 6.11. The molecular weight excluding hydrogens is 236 g/mol. The zero-order valence-corrected chi connectivity index (χ0v) is 10.0. The molecule has 18 heavy (non-hydrogen) atoms. The highest BCUT2D eigenvalue weighted by Gasteiger charge is 2.19. The van der Waals surface area contributed by atoms with E-state index in [1.54, 1.807) is 0 Å². The lowest BCUT2D eigenvalue weighted by Crippen LogP contribution is -2.23. The highest BCUT2D eigenvalue weighted by atomic mass is 16.6. The summed E-state index contributed by atoms with van der Waals surface area (Å²) in [5.74, 6) is 0. The van der Waals surface area contributed by atoms with Crippen LogP contribution in [-0.2, 0) is 6.54 Å².